The Kier molecular flexibility index (Phi) is 9.59. The molecule has 3 rings (SSSR count). The fourth-order valence-electron chi connectivity index (χ4n) is 3.89. The minimum atomic E-state index is -0.424. The minimum Gasteiger partial charge on any atom is -0.475 e. The molecule has 1 aliphatic rings. The summed E-state index contributed by atoms with van der Waals surface area (Å²) in [7, 11) is 2.07. The van der Waals surface area contributed by atoms with Crippen LogP contribution in [0.3, 0.4) is 0 Å². The quantitative estimate of drug-likeness (QED) is 0.189. The number of rotatable bonds is 12. The number of hydrogen-bond donors (Lipinski definition) is 0. The molecule has 0 amide bonds. The summed E-state index contributed by atoms with van der Waals surface area (Å²) in [5.74, 6) is 0.197. The zero-order chi connectivity index (χ0) is 24.4. The van der Waals surface area contributed by atoms with Crippen LogP contribution in [0.1, 0.15) is 57.2 Å². The van der Waals surface area contributed by atoms with Crippen LogP contribution in [0.25, 0.3) is 5.57 Å². The van der Waals surface area contributed by atoms with Crippen LogP contribution in [0.15, 0.2) is 30.3 Å². The number of ether oxygens (including phenoxy) is 3. The van der Waals surface area contributed by atoms with E-state index in [-0.39, 0.29) is 19.1 Å². The van der Waals surface area contributed by atoms with Crippen molar-refractivity contribution < 1.29 is 28.3 Å². The molecule has 9 heteroatoms. The summed E-state index contributed by atoms with van der Waals surface area (Å²) in [5, 5.41) is 0. The van der Waals surface area contributed by atoms with Gasteiger partial charge in [0.25, 0.3) is 5.88 Å². The van der Waals surface area contributed by atoms with Crippen LogP contribution in [0.2, 0.25) is 0 Å². The van der Waals surface area contributed by atoms with E-state index in [2.05, 4.69) is 28.8 Å². The predicted molar refractivity (Wildman–Crippen MR) is 130 cm³/mol. The maximum absolute atomic E-state index is 12.6. The highest BCUT2D eigenvalue weighted by molar-refractivity contribution is 6.99. The summed E-state index contributed by atoms with van der Waals surface area (Å²) in [5.41, 5.74) is 2.49. The molecule has 1 unspecified atom stereocenters. The molecule has 0 saturated carbocycles. The SMILES string of the molecule is CCCCCCOc1nsnc1C1=CCC[N+](C)(COC(=O)Cc2ccccc2OC(C)=O)C1. The molecule has 1 atom stereocenters. The number of carbonyl (C=O) groups is 2. The molecular formula is C25H34N3O5S+. The van der Waals surface area contributed by atoms with Crippen molar-refractivity contribution in [3.8, 4) is 11.6 Å². The Hall–Kier alpha value is -2.78. The van der Waals surface area contributed by atoms with E-state index in [0.29, 0.717) is 34.8 Å². The third-order valence-electron chi connectivity index (χ3n) is 5.71. The van der Waals surface area contributed by atoms with Gasteiger partial charge in [-0.1, -0.05) is 50.5 Å². The molecule has 2 heterocycles. The van der Waals surface area contributed by atoms with Gasteiger partial charge >= 0.3 is 11.9 Å². The number of hydrogen-bond acceptors (Lipinski definition) is 8. The number of esters is 2. The lowest BCUT2D eigenvalue weighted by molar-refractivity contribution is -0.919. The second kappa shape index (κ2) is 12.6. The molecule has 184 valence electrons. The zero-order valence-electron chi connectivity index (χ0n) is 20.2. The summed E-state index contributed by atoms with van der Waals surface area (Å²) in [4.78, 5) is 23.9. The van der Waals surface area contributed by atoms with Crippen molar-refractivity contribution in [1.29, 1.82) is 0 Å². The minimum absolute atomic E-state index is 0.0399. The fraction of sp³-hybridized carbons (Fsp3) is 0.520. The summed E-state index contributed by atoms with van der Waals surface area (Å²) in [6.45, 7) is 5.94. The van der Waals surface area contributed by atoms with Crippen LogP contribution in [0, 0.1) is 0 Å². The van der Waals surface area contributed by atoms with E-state index in [1.807, 2.05) is 0 Å². The molecule has 0 spiro atoms. The highest BCUT2D eigenvalue weighted by Gasteiger charge is 2.31. The average Bonchev–Trinajstić information content (AvgIpc) is 3.27. The van der Waals surface area contributed by atoms with Gasteiger partial charge in [-0.2, -0.15) is 4.37 Å². The first-order valence-electron chi connectivity index (χ1n) is 11.8. The van der Waals surface area contributed by atoms with Gasteiger partial charge in [0.2, 0.25) is 6.73 Å². The Labute approximate surface area is 205 Å². The first kappa shape index (κ1) is 25.8. The van der Waals surface area contributed by atoms with Crippen molar-refractivity contribution in [2.45, 2.75) is 52.4 Å². The maximum atomic E-state index is 12.6. The van der Waals surface area contributed by atoms with E-state index in [4.69, 9.17) is 14.2 Å². The molecule has 1 aromatic heterocycles. The van der Waals surface area contributed by atoms with Crippen molar-refractivity contribution in [3.63, 3.8) is 0 Å². The number of para-hydroxylation sites is 1. The van der Waals surface area contributed by atoms with E-state index in [0.717, 1.165) is 48.8 Å². The molecule has 0 bridgehead atoms. The van der Waals surface area contributed by atoms with Crippen LogP contribution in [0.4, 0.5) is 0 Å². The van der Waals surface area contributed by atoms with Crippen LogP contribution >= 0.6 is 11.7 Å². The number of quaternary nitrogens is 1. The first-order valence-corrected chi connectivity index (χ1v) is 12.5. The molecule has 2 aromatic rings. The Bertz CT molecular complexity index is 1010. The van der Waals surface area contributed by atoms with Gasteiger partial charge in [0.05, 0.1) is 38.3 Å². The van der Waals surface area contributed by atoms with Crippen molar-refractivity contribution in [2.75, 3.05) is 33.5 Å². The topological polar surface area (TPSA) is 87.6 Å². The summed E-state index contributed by atoms with van der Waals surface area (Å²) in [6, 6.07) is 7.00. The van der Waals surface area contributed by atoms with Gasteiger partial charge in [0, 0.05) is 24.5 Å². The Morgan fingerprint density at radius 3 is 2.76 bits per heavy atom. The first-order chi connectivity index (χ1) is 16.4. The maximum Gasteiger partial charge on any atom is 0.314 e. The number of aromatic nitrogens is 2. The van der Waals surface area contributed by atoms with Crippen LogP contribution in [-0.4, -0.2) is 58.6 Å². The normalized spacial score (nSPS) is 17.7. The van der Waals surface area contributed by atoms with E-state index >= 15 is 0 Å². The lowest BCUT2D eigenvalue weighted by atomic mass is 10.1. The summed E-state index contributed by atoms with van der Waals surface area (Å²) >= 11 is 1.16. The smallest absolute Gasteiger partial charge is 0.314 e. The number of unbranched alkanes of at least 4 members (excludes halogenated alkanes) is 3. The Morgan fingerprint density at radius 2 is 1.97 bits per heavy atom. The lowest BCUT2D eigenvalue weighted by Crippen LogP contribution is -2.49. The molecule has 0 radical (unpaired) electrons. The van der Waals surface area contributed by atoms with Crippen molar-refractivity contribution in [1.82, 2.24) is 8.75 Å². The van der Waals surface area contributed by atoms with E-state index in [1.54, 1.807) is 24.3 Å². The second-order valence-corrected chi connectivity index (χ2v) is 9.40. The third-order valence-corrected chi connectivity index (χ3v) is 6.22. The standard InChI is InChI=1S/C25H34N3O5S/c1-4-5-6-9-15-31-25-24(26-34-27-25)21-12-10-14-28(3,17-21)18-32-23(30)16-20-11-7-8-13-22(20)33-19(2)29/h7-8,11-13H,4-6,9-10,14-18H2,1-3H3/q+1. The van der Waals surface area contributed by atoms with Gasteiger partial charge in [-0.25, -0.2) is 0 Å². The zero-order valence-corrected chi connectivity index (χ0v) is 21.1. The van der Waals surface area contributed by atoms with Crippen molar-refractivity contribution >= 4 is 29.2 Å². The number of nitrogens with zero attached hydrogens (tertiary/aromatic N) is 3. The predicted octanol–water partition coefficient (Wildman–Crippen LogP) is 4.40. The molecule has 1 aliphatic heterocycles. The van der Waals surface area contributed by atoms with Crippen LogP contribution in [0.5, 0.6) is 11.6 Å². The largest absolute Gasteiger partial charge is 0.475 e. The van der Waals surface area contributed by atoms with E-state index in [1.165, 1.54) is 19.8 Å². The van der Waals surface area contributed by atoms with Crippen LogP contribution < -0.4 is 9.47 Å². The number of carbonyl (C=O) groups excluding carboxylic acids is 2. The third kappa shape index (κ3) is 7.63. The van der Waals surface area contributed by atoms with Gasteiger partial charge in [-0.15, -0.1) is 4.37 Å². The fourth-order valence-corrected chi connectivity index (χ4v) is 4.43. The molecule has 0 saturated heterocycles. The highest BCUT2D eigenvalue weighted by Crippen LogP contribution is 2.30. The van der Waals surface area contributed by atoms with Crippen LogP contribution in [-0.2, 0) is 20.7 Å². The molecule has 0 aliphatic carbocycles. The molecule has 0 fully saturated rings. The van der Waals surface area contributed by atoms with Crippen molar-refractivity contribution in [3.05, 3.63) is 41.6 Å². The second-order valence-electron chi connectivity index (χ2n) is 8.87. The Balaban J connectivity index is 1.55. The van der Waals surface area contributed by atoms with Gasteiger partial charge < -0.3 is 14.2 Å². The highest BCUT2D eigenvalue weighted by atomic mass is 32.1. The van der Waals surface area contributed by atoms with E-state index < -0.39 is 5.97 Å². The number of likely N-dealkylation sites (N-methyl/N-ethyl adjacent to an activating group) is 1. The van der Waals surface area contributed by atoms with Gasteiger partial charge in [-0.3, -0.25) is 14.1 Å². The molecular weight excluding hydrogens is 454 g/mol. The molecule has 34 heavy (non-hydrogen) atoms. The molecule has 8 nitrogen and oxygen atoms in total. The summed E-state index contributed by atoms with van der Waals surface area (Å²) in [6.07, 6.45) is 7.63. The average molecular weight is 489 g/mol. The Morgan fingerprint density at radius 1 is 1.15 bits per heavy atom. The molecule has 0 N–H and O–H groups in total. The monoisotopic (exact) mass is 488 g/mol. The van der Waals surface area contributed by atoms with Gasteiger partial charge in [0.15, 0.2) is 0 Å². The lowest BCUT2D eigenvalue weighted by Gasteiger charge is -2.36. The van der Waals surface area contributed by atoms with Gasteiger partial charge in [-0.05, 0) is 12.5 Å². The van der Waals surface area contributed by atoms with Gasteiger partial charge in [0.1, 0.15) is 18.0 Å². The van der Waals surface area contributed by atoms with E-state index in [9.17, 15) is 9.59 Å². The number of benzene rings is 1. The molecule has 1 aromatic carbocycles. The summed E-state index contributed by atoms with van der Waals surface area (Å²) < 4.78 is 26.1. The van der Waals surface area contributed by atoms with Crippen molar-refractivity contribution in [2.24, 2.45) is 0 Å².